The lowest BCUT2D eigenvalue weighted by Crippen LogP contribution is -2.35. The van der Waals surface area contributed by atoms with Crippen molar-refractivity contribution >= 4 is 34.7 Å². The normalized spacial score (nSPS) is 17.9. The minimum absolute atomic E-state index is 0.177. The number of fused-ring (bicyclic) bond motifs is 1. The number of nitrogens with one attached hydrogen (secondary N) is 1. The molecule has 5 nitrogen and oxygen atoms in total. The maximum atomic E-state index is 12.6. The van der Waals surface area contributed by atoms with Gasteiger partial charge in [-0.15, -0.1) is 0 Å². The van der Waals surface area contributed by atoms with Crippen LogP contribution < -0.4 is 0 Å². The van der Waals surface area contributed by atoms with E-state index in [-0.39, 0.29) is 11.7 Å². The summed E-state index contributed by atoms with van der Waals surface area (Å²) in [6.07, 6.45) is 3.65. The van der Waals surface area contributed by atoms with Gasteiger partial charge in [0.25, 0.3) is 5.91 Å². The number of aromatic nitrogens is 1. The number of allylic oxidation sites excluding steroid dienone is 1. The number of rotatable bonds is 2. The molecule has 142 valence electrons. The Morgan fingerprint density at radius 1 is 1.11 bits per heavy atom. The Hall–Kier alpha value is -2.86. The quantitative estimate of drug-likeness (QED) is 0.744. The Labute approximate surface area is 169 Å². The van der Waals surface area contributed by atoms with Gasteiger partial charge >= 0.3 is 0 Å². The van der Waals surface area contributed by atoms with E-state index in [0.717, 1.165) is 27.5 Å². The lowest BCUT2D eigenvalue weighted by molar-refractivity contribution is -0.114. The van der Waals surface area contributed by atoms with Crippen molar-refractivity contribution in [1.29, 1.82) is 5.41 Å². The largest absolute Gasteiger partial charge is 0.318 e. The van der Waals surface area contributed by atoms with E-state index in [9.17, 15) is 4.79 Å². The minimum Gasteiger partial charge on any atom is -0.318 e. The predicted octanol–water partition coefficient (Wildman–Crippen LogP) is 4.88. The Morgan fingerprint density at radius 3 is 2.61 bits per heavy atom. The van der Waals surface area contributed by atoms with E-state index in [1.807, 2.05) is 20.0 Å². The van der Waals surface area contributed by atoms with Gasteiger partial charge in [0.05, 0.1) is 5.57 Å². The van der Waals surface area contributed by atoms with Gasteiger partial charge in [-0.1, -0.05) is 23.9 Å². The van der Waals surface area contributed by atoms with Crippen LogP contribution in [0.4, 0.5) is 0 Å². The van der Waals surface area contributed by atoms with Crippen LogP contribution in [0.5, 0.6) is 0 Å². The molecule has 0 aliphatic carbocycles. The molecule has 1 aromatic carbocycles. The summed E-state index contributed by atoms with van der Waals surface area (Å²) in [7, 11) is 0. The maximum Gasteiger partial charge on any atom is 0.283 e. The Balaban J connectivity index is 1.81. The van der Waals surface area contributed by atoms with Gasteiger partial charge in [0.1, 0.15) is 5.84 Å². The number of thioether (sulfide) groups is 1. The first-order valence-corrected chi connectivity index (χ1v) is 9.93. The highest BCUT2D eigenvalue weighted by Crippen LogP contribution is 2.33. The molecule has 0 fully saturated rings. The van der Waals surface area contributed by atoms with Gasteiger partial charge < -0.3 is 4.57 Å². The monoisotopic (exact) mass is 390 g/mol. The molecule has 3 heterocycles. The summed E-state index contributed by atoms with van der Waals surface area (Å²) in [6, 6.07) is 8.46. The summed E-state index contributed by atoms with van der Waals surface area (Å²) in [4.78, 5) is 19.4. The van der Waals surface area contributed by atoms with E-state index in [2.05, 4.69) is 54.6 Å². The van der Waals surface area contributed by atoms with Crippen LogP contribution >= 0.6 is 11.8 Å². The van der Waals surface area contributed by atoms with Crippen LogP contribution in [0.2, 0.25) is 0 Å². The molecule has 0 saturated carbocycles. The fourth-order valence-corrected chi connectivity index (χ4v) is 4.44. The zero-order valence-electron chi connectivity index (χ0n) is 16.6. The van der Waals surface area contributed by atoms with Crippen LogP contribution in [0.1, 0.15) is 35.0 Å². The Kier molecular flexibility index (Phi) is 4.38. The number of aliphatic imine (C=N–C) groups is 1. The molecular formula is C22H22N4OS. The lowest BCUT2D eigenvalue weighted by atomic mass is 10.1. The van der Waals surface area contributed by atoms with Crippen molar-refractivity contribution in [1.82, 2.24) is 9.47 Å². The third-order valence-corrected chi connectivity index (χ3v) is 5.97. The summed E-state index contributed by atoms with van der Waals surface area (Å²) in [5, 5.41) is 9.05. The minimum atomic E-state index is -0.358. The molecular weight excluding hydrogens is 368 g/mol. The number of hydrogen-bond donors (Lipinski definition) is 1. The predicted molar refractivity (Wildman–Crippen MR) is 116 cm³/mol. The number of nitrogens with zero attached hydrogens (tertiary/aromatic N) is 3. The van der Waals surface area contributed by atoms with Crippen molar-refractivity contribution < 1.29 is 4.79 Å². The topological polar surface area (TPSA) is 61.5 Å². The zero-order valence-corrected chi connectivity index (χ0v) is 17.4. The van der Waals surface area contributed by atoms with Crippen molar-refractivity contribution in [2.24, 2.45) is 4.99 Å². The summed E-state index contributed by atoms with van der Waals surface area (Å²) < 4.78 is 2.20. The number of benzene rings is 1. The first-order chi connectivity index (χ1) is 13.3. The molecule has 1 amide bonds. The molecule has 28 heavy (non-hydrogen) atoms. The van der Waals surface area contributed by atoms with Crippen LogP contribution in [0.15, 0.2) is 45.9 Å². The number of aryl methyl sites for hydroxylation is 3. The van der Waals surface area contributed by atoms with Crippen LogP contribution in [0.3, 0.4) is 0 Å². The van der Waals surface area contributed by atoms with Gasteiger partial charge in [0.15, 0.2) is 5.17 Å². The van der Waals surface area contributed by atoms with Crippen molar-refractivity contribution in [3.8, 4) is 5.69 Å². The molecule has 0 saturated heterocycles. The SMILES string of the molecule is CC1=CN2C(=N)C(=Cc3cc(C)n(-c4cc(C)ccc4C)c3C)C(=O)N=C2S1. The molecule has 6 heteroatoms. The highest BCUT2D eigenvalue weighted by atomic mass is 32.2. The van der Waals surface area contributed by atoms with Crippen molar-refractivity contribution in [3.05, 3.63) is 69.0 Å². The average molecular weight is 391 g/mol. The van der Waals surface area contributed by atoms with Crippen LogP contribution in [-0.2, 0) is 4.79 Å². The third-order valence-electron chi connectivity index (χ3n) is 5.07. The van der Waals surface area contributed by atoms with E-state index in [4.69, 9.17) is 5.41 Å². The molecule has 2 aliphatic heterocycles. The van der Waals surface area contributed by atoms with Gasteiger partial charge in [0, 0.05) is 28.2 Å². The Morgan fingerprint density at radius 2 is 1.86 bits per heavy atom. The second kappa shape index (κ2) is 6.63. The van der Waals surface area contributed by atoms with E-state index < -0.39 is 0 Å². The highest BCUT2D eigenvalue weighted by molar-refractivity contribution is 8.17. The average Bonchev–Trinajstić information content (AvgIpc) is 3.13. The zero-order chi connectivity index (χ0) is 20.2. The first kappa shape index (κ1) is 18.5. The molecule has 0 spiro atoms. The fourth-order valence-electron chi connectivity index (χ4n) is 3.62. The molecule has 1 aromatic heterocycles. The Bertz CT molecular complexity index is 1130. The molecule has 0 bridgehead atoms. The summed E-state index contributed by atoms with van der Waals surface area (Å²) in [5.41, 5.74) is 6.90. The number of amidine groups is 2. The summed E-state index contributed by atoms with van der Waals surface area (Å²) in [5.74, 6) is -0.181. The van der Waals surface area contributed by atoms with Gasteiger partial charge in [-0.05, 0) is 69.5 Å². The molecule has 0 atom stereocenters. The van der Waals surface area contributed by atoms with Crippen LogP contribution in [0, 0.1) is 33.1 Å². The molecule has 0 unspecified atom stereocenters. The lowest BCUT2D eigenvalue weighted by Gasteiger charge is -2.22. The highest BCUT2D eigenvalue weighted by Gasteiger charge is 2.33. The standard InChI is InChI=1S/C22H22N4OS/c1-12-6-7-13(2)19(8-12)26-14(3)9-17(16(26)5)10-18-20(23)25-11-15(4)28-22(25)24-21(18)27/h6-11,23H,1-5H3. The number of carbonyl (C=O) groups excluding carboxylic acids is 1. The molecule has 0 radical (unpaired) electrons. The van der Waals surface area contributed by atoms with Gasteiger partial charge in [-0.25, -0.2) is 0 Å². The third kappa shape index (κ3) is 2.94. The summed E-state index contributed by atoms with van der Waals surface area (Å²) >= 11 is 1.42. The van der Waals surface area contributed by atoms with E-state index in [1.54, 1.807) is 11.0 Å². The fraction of sp³-hybridized carbons (Fsp3) is 0.227. The second-order valence-corrected chi connectivity index (χ2v) is 8.48. The van der Waals surface area contributed by atoms with Crippen LogP contribution in [0.25, 0.3) is 11.8 Å². The summed E-state index contributed by atoms with van der Waals surface area (Å²) in [6.45, 7) is 10.2. The molecule has 4 rings (SSSR count). The molecule has 2 aromatic rings. The van der Waals surface area contributed by atoms with E-state index in [0.29, 0.717) is 10.7 Å². The van der Waals surface area contributed by atoms with E-state index in [1.165, 1.54) is 22.9 Å². The van der Waals surface area contributed by atoms with Crippen molar-refractivity contribution in [2.75, 3.05) is 0 Å². The molecule has 1 N–H and O–H groups in total. The van der Waals surface area contributed by atoms with Gasteiger partial charge in [-0.3, -0.25) is 15.1 Å². The first-order valence-electron chi connectivity index (χ1n) is 9.12. The number of amides is 1. The molecule has 2 aliphatic rings. The van der Waals surface area contributed by atoms with Gasteiger partial charge in [0.2, 0.25) is 0 Å². The van der Waals surface area contributed by atoms with Gasteiger partial charge in [-0.2, -0.15) is 4.99 Å². The number of hydrogen-bond acceptors (Lipinski definition) is 3. The maximum absolute atomic E-state index is 12.6. The smallest absolute Gasteiger partial charge is 0.283 e. The van der Waals surface area contributed by atoms with Crippen molar-refractivity contribution in [3.63, 3.8) is 0 Å². The second-order valence-electron chi connectivity index (χ2n) is 7.27. The van der Waals surface area contributed by atoms with Crippen molar-refractivity contribution in [2.45, 2.75) is 34.6 Å². The van der Waals surface area contributed by atoms with E-state index >= 15 is 0 Å². The van der Waals surface area contributed by atoms with Crippen LogP contribution in [-0.4, -0.2) is 26.4 Å². The number of carbonyl (C=O) groups is 1.